The number of carbonyl (C=O) groups is 5. The molecule has 17 nitrogen and oxygen atoms in total. The molecule has 1 N–H and O–H groups in total. The number of rotatable bonds is 26. The number of nitrogens with one attached hydrogen (secondary N) is 1. The summed E-state index contributed by atoms with van der Waals surface area (Å²) in [4.78, 5) is 80.3. The quantitative estimate of drug-likeness (QED) is 0.0408. The van der Waals surface area contributed by atoms with Crippen LogP contribution in [0.3, 0.4) is 0 Å². The van der Waals surface area contributed by atoms with E-state index in [-0.39, 0.29) is 77.7 Å². The van der Waals surface area contributed by atoms with Gasteiger partial charge in [0.25, 0.3) is 11.8 Å². The number of ether oxygens (including phenoxy) is 6. The van der Waals surface area contributed by atoms with Crippen molar-refractivity contribution < 1.29 is 52.4 Å². The number of fused-ring (bicyclic) bond motifs is 8. The average Bonchev–Trinajstić information content (AvgIpc) is 2.03. The maximum absolute atomic E-state index is 14.3. The molecule has 5 aliphatic heterocycles. The number of aryl methyl sites for hydroxylation is 1. The summed E-state index contributed by atoms with van der Waals surface area (Å²) < 4.78 is 36.1. The molecule has 5 aromatic carbocycles. The van der Waals surface area contributed by atoms with Crippen molar-refractivity contribution >= 4 is 75.8 Å². The minimum Gasteiger partial charge on any atom is -0.493 e. The number of benzene rings is 5. The summed E-state index contributed by atoms with van der Waals surface area (Å²) in [5.41, 5.74) is 9.89. The molecule has 0 spiro atoms. The number of amides is 4. The zero-order chi connectivity index (χ0) is 60.1. The average molecular weight is 1190 g/mol. The lowest BCUT2D eigenvalue weighted by Crippen LogP contribution is -2.39. The Bertz CT molecular complexity index is 3380. The fraction of sp³-hybridized carbons (Fsp3) is 0.471. The molecule has 0 aromatic heterocycles. The second-order valence-electron chi connectivity index (χ2n) is 24.2. The van der Waals surface area contributed by atoms with Crippen LogP contribution in [-0.4, -0.2) is 136 Å². The third-order valence-electron chi connectivity index (χ3n) is 17.7. The summed E-state index contributed by atoms with van der Waals surface area (Å²) in [6, 6.07) is 29.6. The molecule has 454 valence electrons. The van der Waals surface area contributed by atoms with Gasteiger partial charge in [0.05, 0.1) is 80.0 Å². The second kappa shape index (κ2) is 26.8. The van der Waals surface area contributed by atoms with E-state index in [4.69, 9.17) is 33.4 Å². The van der Waals surface area contributed by atoms with E-state index in [1.165, 1.54) is 10.5 Å². The van der Waals surface area contributed by atoms with E-state index >= 15 is 0 Å². The third-order valence-corrected chi connectivity index (χ3v) is 19.2. The standard InChI is InChI=1S/C68H80N6O11S/c1-43-28-54-56(69-38-52-32-49-12-7-9-14-58(49)73(52)65(54)77)35-60(43)84-41-46-29-47(42-85-62-36-57-55(34-61(62)81-6)66(78)74-53(39-70-57)33-50-13-8-10-15-59(50)74)31-51(30-46)71(22-23-82-26-27-83-25-24-80-5)21-11-20-68(3,4)86-63-37-64(76)72(67(63)79)40-45-16-18-48(19-17-45)44(2)75/h7-10,12-15,28-31,34-36,39,45,48,52-53,63,69H,11,16-27,32-33,37-38,40-42H2,1-6H3/t45?,48?,52-,53-,63?/m0/s1. The van der Waals surface area contributed by atoms with Crippen molar-refractivity contribution in [1.82, 2.24) is 4.90 Å². The molecule has 1 saturated carbocycles. The minimum absolute atomic E-state index is 0.00110. The number of ketones is 1. The Morgan fingerprint density at radius 2 is 1.41 bits per heavy atom. The number of Topliss-reactive ketones (excluding diaryl/α,β-unsaturated/α-hetero) is 1. The van der Waals surface area contributed by atoms with Gasteiger partial charge in [-0.3, -0.25) is 38.8 Å². The van der Waals surface area contributed by atoms with Crippen molar-refractivity contribution in [3.05, 3.63) is 130 Å². The van der Waals surface area contributed by atoms with E-state index in [0.29, 0.717) is 99.7 Å². The van der Waals surface area contributed by atoms with Crippen LogP contribution in [0.5, 0.6) is 17.2 Å². The first kappa shape index (κ1) is 60.4. The molecule has 18 heteroatoms. The van der Waals surface area contributed by atoms with Crippen LogP contribution in [0.2, 0.25) is 0 Å². The van der Waals surface area contributed by atoms with Gasteiger partial charge < -0.3 is 43.5 Å². The van der Waals surface area contributed by atoms with Crippen LogP contribution in [0.4, 0.5) is 28.4 Å². The predicted molar refractivity (Wildman–Crippen MR) is 335 cm³/mol. The number of carbonyl (C=O) groups excluding carboxylic acids is 5. The Morgan fingerprint density at radius 1 is 0.733 bits per heavy atom. The first-order valence-electron chi connectivity index (χ1n) is 30.4. The summed E-state index contributed by atoms with van der Waals surface area (Å²) in [5, 5.41) is 3.13. The molecule has 4 amide bonds. The Hall–Kier alpha value is -7.25. The predicted octanol–water partition coefficient (Wildman–Crippen LogP) is 10.7. The molecule has 0 bridgehead atoms. The minimum atomic E-state index is -0.448. The van der Waals surface area contributed by atoms with E-state index in [0.717, 1.165) is 89.9 Å². The molecule has 0 radical (unpaired) electrons. The van der Waals surface area contributed by atoms with Crippen molar-refractivity contribution in [2.75, 3.05) is 93.4 Å². The summed E-state index contributed by atoms with van der Waals surface area (Å²) in [5.74, 6) is 1.64. The first-order chi connectivity index (χ1) is 41.6. The highest BCUT2D eigenvalue weighted by molar-refractivity contribution is 8.02. The number of methoxy groups -OCH3 is 2. The lowest BCUT2D eigenvalue weighted by atomic mass is 9.80. The zero-order valence-electron chi connectivity index (χ0n) is 50.4. The van der Waals surface area contributed by atoms with Crippen molar-refractivity contribution in [2.45, 2.75) is 121 Å². The maximum Gasteiger partial charge on any atom is 0.261 e. The van der Waals surface area contributed by atoms with Crippen LogP contribution >= 0.6 is 11.8 Å². The molecule has 5 heterocycles. The van der Waals surface area contributed by atoms with Crippen LogP contribution in [0.15, 0.2) is 96.0 Å². The van der Waals surface area contributed by atoms with Crippen molar-refractivity contribution in [1.29, 1.82) is 0 Å². The van der Waals surface area contributed by atoms with E-state index in [9.17, 15) is 24.0 Å². The Morgan fingerprint density at radius 3 is 2.13 bits per heavy atom. The third kappa shape index (κ3) is 13.5. The van der Waals surface area contributed by atoms with Crippen LogP contribution in [0.1, 0.15) is 114 Å². The van der Waals surface area contributed by atoms with Crippen LogP contribution in [0.25, 0.3) is 0 Å². The largest absolute Gasteiger partial charge is 0.493 e. The highest BCUT2D eigenvalue weighted by Crippen LogP contribution is 2.44. The Labute approximate surface area is 509 Å². The number of para-hydroxylation sites is 2. The van der Waals surface area contributed by atoms with Gasteiger partial charge >= 0.3 is 0 Å². The lowest BCUT2D eigenvalue weighted by molar-refractivity contribution is -0.139. The van der Waals surface area contributed by atoms with Gasteiger partial charge in [0.1, 0.15) is 24.7 Å². The topological polar surface area (TPSA) is 178 Å². The van der Waals surface area contributed by atoms with Crippen LogP contribution < -0.4 is 34.2 Å². The van der Waals surface area contributed by atoms with Gasteiger partial charge in [-0.05, 0) is 135 Å². The zero-order valence-corrected chi connectivity index (χ0v) is 51.2. The molecule has 11 rings (SSSR count). The molecular formula is C68H80N6O11S. The molecule has 5 aromatic rings. The van der Waals surface area contributed by atoms with E-state index in [1.54, 1.807) is 45.0 Å². The maximum atomic E-state index is 14.3. The van der Waals surface area contributed by atoms with Gasteiger partial charge in [-0.15, -0.1) is 11.8 Å². The van der Waals surface area contributed by atoms with Crippen molar-refractivity contribution in [2.24, 2.45) is 16.8 Å². The number of aliphatic imine (C=N–C) groups is 1. The number of likely N-dealkylation sites (tertiary alicyclic amines) is 1. The van der Waals surface area contributed by atoms with Crippen molar-refractivity contribution in [3.63, 3.8) is 0 Å². The molecule has 1 saturated heterocycles. The SMILES string of the molecule is COCCOCCOCCN(CCCC(C)(C)SC1CC(=O)N(CC2CCC(C(C)=O)CC2)C1=O)c1cc(COc2cc3c(cc2C)C(=O)N2c4ccccc4C[C@H]2CN3)cc(COc2cc3c(cc2OC)C(=O)N2c4ccccc4C[C@H]2C=N3)c1. The molecule has 3 atom stereocenters. The molecule has 6 aliphatic rings. The number of hydrogen-bond acceptors (Lipinski definition) is 15. The fourth-order valence-corrected chi connectivity index (χ4v) is 14.6. The van der Waals surface area contributed by atoms with Crippen LogP contribution in [-0.2, 0) is 54.6 Å². The van der Waals surface area contributed by atoms with Gasteiger partial charge in [-0.1, -0.05) is 50.2 Å². The smallest absolute Gasteiger partial charge is 0.261 e. The van der Waals surface area contributed by atoms with Gasteiger partial charge in [-0.2, -0.15) is 0 Å². The molecular weight excluding hydrogens is 1110 g/mol. The Balaban J connectivity index is 0.838. The molecule has 1 unspecified atom stereocenters. The lowest BCUT2D eigenvalue weighted by Gasteiger charge is -2.31. The van der Waals surface area contributed by atoms with Gasteiger partial charge in [-0.25, -0.2) is 0 Å². The first-order valence-corrected chi connectivity index (χ1v) is 31.3. The van der Waals surface area contributed by atoms with Gasteiger partial charge in [0.2, 0.25) is 11.8 Å². The number of anilines is 4. The number of imide groups is 1. The van der Waals surface area contributed by atoms with Crippen molar-refractivity contribution in [3.8, 4) is 17.2 Å². The van der Waals surface area contributed by atoms with E-state index in [1.807, 2.05) is 71.5 Å². The normalized spacial score (nSPS) is 20.3. The second-order valence-corrected chi connectivity index (χ2v) is 26.1. The van der Waals surface area contributed by atoms with E-state index < -0.39 is 5.25 Å². The Kier molecular flexibility index (Phi) is 18.8. The summed E-state index contributed by atoms with van der Waals surface area (Å²) >= 11 is 1.59. The molecule has 86 heavy (non-hydrogen) atoms. The molecule has 1 aliphatic carbocycles. The number of thioether (sulfide) groups is 1. The summed E-state index contributed by atoms with van der Waals surface area (Å²) in [6.07, 6.45) is 8.36. The van der Waals surface area contributed by atoms with E-state index in [2.05, 4.69) is 54.4 Å². The highest BCUT2D eigenvalue weighted by atomic mass is 32.2. The monoisotopic (exact) mass is 1190 g/mol. The summed E-state index contributed by atoms with van der Waals surface area (Å²) in [6.45, 7) is 12.7. The fourth-order valence-electron chi connectivity index (χ4n) is 13.1. The highest BCUT2D eigenvalue weighted by Gasteiger charge is 2.44. The summed E-state index contributed by atoms with van der Waals surface area (Å²) in [7, 11) is 3.21. The molecule has 2 fully saturated rings. The van der Waals surface area contributed by atoms with Gasteiger partial charge in [0, 0.05) is 92.2 Å². The van der Waals surface area contributed by atoms with Crippen LogP contribution in [0, 0.1) is 18.8 Å². The van der Waals surface area contributed by atoms with Gasteiger partial charge in [0.15, 0.2) is 11.5 Å². The number of nitrogens with zero attached hydrogens (tertiary/aromatic N) is 5. The number of hydrogen-bond donors (Lipinski definition) is 1.